The van der Waals surface area contributed by atoms with Gasteiger partial charge in [0.1, 0.15) is 6.61 Å². The predicted octanol–water partition coefficient (Wildman–Crippen LogP) is 1.36. The molecule has 4 heteroatoms. The third kappa shape index (κ3) is 1.83. The maximum absolute atomic E-state index is 11.7. The van der Waals surface area contributed by atoms with Gasteiger partial charge < -0.3 is 10.1 Å². The highest BCUT2D eigenvalue weighted by atomic mass is 16.6. The fourth-order valence-corrected chi connectivity index (χ4v) is 2.79. The van der Waals surface area contributed by atoms with E-state index in [4.69, 9.17) is 4.74 Å². The molecule has 0 radical (unpaired) electrons. The van der Waals surface area contributed by atoms with Crippen LogP contribution >= 0.6 is 0 Å². The molecule has 1 N–H and O–H groups in total. The van der Waals surface area contributed by atoms with Crippen LogP contribution < -0.4 is 5.32 Å². The van der Waals surface area contributed by atoms with Gasteiger partial charge in [-0.3, -0.25) is 4.90 Å². The first kappa shape index (κ1) is 10.7. The van der Waals surface area contributed by atoms with E-state index >= 15 is 0 Å². The summed E-state index contributed by atoms with van der Waals surface area (Å²) >= 11 is 0. The maximum atomic E-state index is 11.7. The lowest BCUT2D eigenvalue weighted by Crippen LogP contribution is -2.51. The summed E-state index contributed by atoms with van der Waals surface area (Å²) in [5.41, 5.74) is -0.0330. The molecular formula is C11H20N2O2. The number of amides is 1. The molecule has 2 aliphatic rings. The quantitative estimate of drug-likeness (QED) is 0.713. The molecule has 1 spiro atoms. The Bertz CT molecular complexity index is 245. The Labute approximate surface area is 91.0 Å². The van der Waals surface area contributed by atoms with Crippen molar-refractivity contribution < 1.29 is 9.53 Å². The van der Waals surface area contributed by atoms with Crippen LogP contribution in [0.2, 0.25) is 0 Å². The van der Waals surface area contributed by atoms with E-state index in [0.29, 0.717) is 6.61 Å². The van der Waals surface area contributed by atoms with Crippen molar-refractivity contribution in [2.24, 2.45) is 0 Å². The van der Waals surface area contributed by atoms with Crippen molar-refractivity contribution >= 4 is 6.09 Å². The van der Waals surface area contributed by atoms with Gasteiger partial charge in [0, 0.05) is 6.04 Å². The van der Waals surface area contributed by atoms with Crippen LogP contribution in [0.4, 0.5) is 4.79 Å². The van der Waals surface area contributed by atoms with Crippen LogP contribution in [0.5, 0.6) is 0 Å². The molecular weight excluding hydrogens is 192 g/mol. The molecule has 4 nitrogen and oxygen atoms in total. The Morgan fingerprint density at radius 1 is 1.40 bits per heavy atom. The van der Waals surface area contributed by atoms with Crippen molar-refractivity contribution in [1.29, 1.82) is 0 Å². The monoisotopic (exact) mass is 212 g/mol. The molecule has 0 bridgehead atoms. The van der Waals surface area contributed by atoms with Gasteiger partial charge in [0.2, 0.25) is 0 Å². The van der Waals surface area contributed by atoms with Crippen molar-refractivity contribution in [2.75, 3.05) is 19.7 Å². The Hall–Kier alpha value is -0.770. The second-order valence-corrected chi connectivity index (χ2v) is 4.85. The molecule has 15 heavy (non-hydrogen) atoms. The van der Waals surface area contributed by atoms with Gasteiger partial charge in [0.15, 0.2) is 0 Å². The predicted molar refractivity (Wildman–Crippen MR) is 57.8 cm³/mol. The first-order valence-corrected chi connectivity index (χ1v) is 5.82. The van der Waals surface area contributed by atoms with Crippen molar-refractivity contribution in [3.05, 3.63) is 0 Å². The third-order valence-electron chi connectivity index (χ3n) is 3.45. The molecule has 2 aliphatic heterocycles. The Morgan fingerprint density at radius 2 is 2.20 bits per heavy atom. The second kappa shape index (κ2) is 4.00. The molecule has 2 fully saturated rings. The van der Waals surface area contributed by atoms with E-state index in [-0.39, 0.29) is 17.7 Å². The van der Waals surface area contributed by atoms with Crippen molar-refractivity contribution in [3.8, 4) is 0 Å². The highest BCUT2D eigenvalue weighted by Gasteiger charge is 2.48. The maximum Gasteiger partial charge on any atom is 0.410 e. The fourth-order valence-electron chi connectivity index (χ4n) is 2.79. The molecule has 0 aromatic carbocycles. The van der Waals surface area contributed by atoms with Gasteiger partial charge in [-0.1, -0.05) is 0 Å². The van der Waals surface area contributed by atoms with E-state index in [2.05, 4.69) is 19.2 Å². The molecule has 0 aromatic heterocycles. The molecule has 2 rings (SSSR count). The summed E-state index contributed by atoms with van der Waals surface area (Å²) in [7, 11) is 0. The minimum atomic E-state index is -0.132. The Kier molecular flexibility index (Phi) is 2.87. The minimum Gasteiger partial charge on any atom is -0.447 e. The standard InChI is InChI=1S/C11H20N2O2/c1-9(2)13-10(14)15-8-11(13)4-3-6-12-7-5-11/h9,12H,3-8H2,1-2H3. The van der Waals surface area contributed by atoms with Gasteiger partial charge in [0.25, 0.3) is 0 Å². The fraction of sp³-hybridized carbons (Fsp3) is 0.909. The van der Waals surface area contributed by atoms with E-state index in [1.54, 1.807) is 0 Å². The number of cyclic esters (lactones) is 1. The summed E-state index contributed by atoms with van der Waals surface area (Å²) in [5, 5.41) is 3.38. The van der Waals surface area contributed by atoms with Crippen molar-refractivity contribution in [1.82, 2.24) is 10.2 Å². The number of nitrogens with one attached hydrogen (secondary N) is 1. The smallest absolute Gasteiger partial charge is 0.410 e. The number of ether oxygens (including phenoxy) is 1. The number of hydrogen-bond donors (Lipinski definition) is 1. The van der Waals surface area contributed by atoms with Crippen LogP contribution in [0, 0.1) is 0 Å². The Morgan fingerprint density at radius 3 is 2.93 bits per heavy atom. The normalized spacial score (nSPS) is 32.2. The van der Waals surface area contributed by atoms with E-state index in [1.807, 2.05) is 4.90 Å². The van der Waals surface area contributed by atoms with Crippen molar-refractivity contribution in [2.45, 2.75) is 44.7 Å². The second-order valence-electron chi connectivity index (χ2n) is 4.85. The van der Waals surface area contributed by atoms with Crippen molar-refractivity contribution in [3.63, 3.8) is 0 Å². The van der Waals surface area contributed by atoms with Gasteiger partial charge in [0.05, 0.1) is 5.54 Å². The molecule has 1 amide bonds. The van der Waals surface area contributed by atoms with Crippen LogP contribution in [0.15, 0.2) is 0 Å². The average molecular weight is 212 g/mol. The molecule has 1 unspecified atom stereocenters. The molecule has 0 aliphatic carbocycles. The van der Waals surface area contributed by atoms with E-state index in [9.17, 15) is 4.79 Å². The lowest BCUT2D eigenvalue weighted by atomic mass is 9.89. The minimum absolute atomic E-state index is 0.0330. The number of carbonyl (C=O) groups is 1. The zero-order valence-corrected chi connectivity index (χ0v) is 9.58. The van der Waals surface area contributed by atoms with E-state index < -0.39 is 0 Å². The summed E-state index contributed by atoms with van der Waals surface area (Å²) in [5.74, 6) is 0. The molecule has 1 atom stereocenters. The number of rotatable bonds is 1. The largest absolute Gasteiger partial charge is 0.447 e. The van der Waals surface area contributed by atoms with E-state index in [0.717, 1.165) is 32.4 Å². The highest BCUT2D eigenvalue weighted by Crippen LogP contribution is 2.34. The lowest BCUT2D eigenvalue weighted by molar-refractivity contribution is 0.118. The Balaban J connectivity index is 2.20. The SMILES string of the molecule is CC(C)N1C(=O)OCC12CCCNCC2. The van der Waals surface area contributed by atoms with Gasteiger partial charge in [-0.25, -0.2) is 4.79 Å². The highest BCUT2D eigenvalue weighted by molar-refractivity contribution is 5.71. The average Bonchev–Trinajstić information content (AvgIpc) is 2.35. The summed E-state index contributed by atoms with van der Waals surface area (Å²) in [6.45, 7) is 6.74. The van der Waals surface area contributed by atoms with Gasteiger partial charge in [-0.15, -0.1) is 0 Å². The first-order chi connectivity index (χ1) is 7.16. The zero-order chi connectivity index (χ0) is 10.9. The van der Waals surface area contributed by atoms with Crippen LogP contribution in [0.3, 0.4) is 0 Å². The van der Waals surface area contributed by atoms with Crippen LogP contribution in [-0.4, -0.2) is 42.3 Å². The first-order valence-electron chi connectivity index (χ1n) is 5.82. The summed E-state index contributed by atoms with van der Waals surface area (Å²) in [6, 6.07) is 0.234. The summed E-state index contributed by atoms with van der Waals surface area (Å²) in [4.78, 5) is 13.6. The van der Waals surface area contributed by atoms with Gasteiger partial charge >= 0.3 is 6.09 Å². The lowest BCUT2D eigenvalue weighted by Gasteiger charge is -2.37. The van der Waals surface area contributed by atoms with Crippen LogP contribution in [0.25, 0.3) is 0 Å². The molecule has 2 saturated heterocycles. The number of nitrogens with zero attached hydrogens (tertiary/aromatic N) is 1. The van der Waals surface area contributed by atoms with Crippen LogP contribution in [-0.2, 0) is 4.74 Å². The molecule has 86 valence electrons. The molecule has 0 saturated carbocycles. The zero-order valence-electron chi connectivity index (χ0n) is 9.58. The third-order valence-corrected chi connectivity index (χ3v) is 3.45. The number of hydrogen-bond acceptors (Lipinski definition) is 3. The number of carbonyl (C=O) groups excluding carboxylic acids is 1. The summed E-state index contributed by atoms with van der Waals surface area (Å²) < 4.78 is 5.23. The van der Waals surface area contributed by atoms with Gasteiger partial charge in [-0.2, -0.15) is 0 Å². The molecule has 0 aromatic rings. The van der Waals surface area contributed by atoms with Gasteiger partial charge in [-0.05, 0) is 46.2 Å². The molecule has 2 heterocycles. The summed E-state index contributed by atoms with van der Waals surface area (Å²) in [6.07, 6.45) is 3.06. The van der Waals surface area contributed by atoms with Crippen LogP contribution in [0.1, 0.15) is 33.1 Å². The topological polar surface area (TPSA) is 41.6 Å². The van der Waals surface area contributed by atoms with E-state index in [1.165, 1.54) is 0 Å².